The summed E-state index contributed by atoms with van der Waals surface area (Å²) in [4.78, 5) is 31.7. The fraction of sp³-hybridized carbons (Fsp3) is 0.292. The number of hydrogen-bond donors (Lipinski definition) is 1. The Kier molecular flexibility index (Phi) is 6.13. The summed E-state index contributed by atoms with van der Waals surface area (Å²) in [6, 6.07) is 16.8. The lowest BCUT2D eigenvalue weighted by molar-refractivity contribution is 0.0950. The summed E-state index contributed by atoms with van der Waals surface area (Å²) < 4.78 is 7.48. The summed E-state index contributed by atoms with van der Waals surface area (Å²) in [6.45, 7) is 2.22. The highest BCUT2D eigenvalue weighted by Gasteiger charge is 2.15. The highest BCUT2D eigenvalue weighted by atomic mass is 16.4. The average Bonchev–Trinajstić information content (AvgIpc) is 3.10. The van der Waals surface area contributed by atoms with Crippen molar-refractivity contribution in [2.75, 3.05) is 27.2 Å². The van der Waals surface area contributed by atoms with E-state index in [0.29, 0.717) is 18.5 Å². The molecule has 0 unspecified atom stereocenters. The molecule has 0 saturated carbocycles. The lowest BCUT2D eigenvalue weighted by Crippen LogP contribution is -2.30. The van der Waals surface area contributed by atoms with Gasteiger partial charge in [-0.3, -0.25) is 4.79 Å². The van der Waals surface area contributed by atoms with Crippen molar-refractivity contribution in [3.63, 3.8) is 0 Å². The van der Waals surface area contributed by atoms with Gasteiger partial charge in [-0.15, -0.1) is 0 Å². The van der Waals surface area contributed by atoms with Crippen molar-refractivity contribution in [2.45, 2.75) is 19.4 Å². The van der Waals surface area contributed by atoms with E-state index in [1.807, 2.05) is 30.3 Å². The third-order valence-electron chi connectivity index (χ3n) is 5.24. The summed E-state index contributed by atoms with van der Waals surface area (Å²) in [5, 5.41) is 3.56. The third-order valence-corrected chi connectivity index (χ3v) is 5.24. The highest BCUT2D eigenvalue weighted by molar-refractivity contribution is 5.96. The number of aryl methyl sites for hydroxylation is 1. The first-order chi connectivity index (χ1) is 15.0. The Morgan fingerprint density at radius 2 is 1.90 bits per heavy atom. The van der Waals surface area contributed by atoms with E-state index < -0.39 is 11.5 Å². The molecule has 160 valence electrons. The summed E-state index contributed by atoms with van der Waals surface area (Å²) in [5.74, 6) is 0.487. The van der Waals surface area contributed by atoms with Crippen LogP contribution in [0.2, 0.25) is 0 Å². The van der Waals surface area contributed by atoms with Crippen LogP contribution < -0.4 is 10.9 Å². The molecule has 0 atom stereocenters. The Balaban J connectivity index is 1.47. The van der Waals surface area contributed by atoms with E-state index in [4.69, 9.17) is 9.40 Å². The minimum Gasteiger partial charge on any atom is -0.422 e. The molecule has 0 aliphatic carbocycles. The average molecular weight is 418 g/mol. The lowest BCUT2D eigenvalue weighted by Gasteiger charge is -2.12. The van der Waals surface area contributed by atoms with Gasteiger partial charge < -0.3 is 19.2 Å². The number of carbonyl (C=O) groups excluding carboxylic acids is 1. The van der Waals surface area contributed by atoms with Crippen molar-refractivity contribution >= 4 is 27.9 Å². The van der Waals surface area contributed by atoms with Gasteiger partial charge in [0, 0.05) is 24.9 Å². The first-order valence-corrected chi connectivity index (χ1v) is 10.4. The van der Waals surface area contributed by atoms with Crippen LogP contribution in [0.1, 0.15) is 22.6 Å². The Morgan fingerprint density at radius 3 is 2.74 bits per heavy atom. The molecule has 0 aliphatic rings. The van der Waals surface area contributed by atoms with Gasteiger partial charge in [-0.1, -0.05) is 30.3 Å². The zero-order valence-corrected chi connectivity index (χ0v) is 17.8. The second-order valence-corrected chi connectivity index (χ2v) is 7.82. The van der Waals surface area contributed by atoms with Gasteiger partial charge in [0.05, 0.1) is 11.0 Å². The van der Waals surface area contributed by atoms with Crippen LogP contribution in [0.25, 0.3) is 22.0 Å². The maximum absolute atomic E-state index is 12.6. The summed E-state index contributed by atoms with van der Waals surface area (Å²) in [7, 11) is 4.12. The maximum atomic E-state index is 12.6. The number of nitrogens with zero attached hydrogens (tertiary/aromatic N) is 3. The van der Waals surface area contributed by atoms with Crippen molar-refractivity contribution in [3.05, 3.63) is 76.4 Å². The molecule has 0 spiro atoms. The number of amides is 1. The maximum Gasteiger partial charge on any atom is 0.349 e. The van der Waals surface area contributed by atoms with Crippen LogP contribution in [-0.4, -0.2) is 47.5 Å². The molecule has 4 rings (SSSR count). The first-order valence-electron chi connectivity index (χ1n) is 10.4. The second-order valence-electron chi connectivity index (χ2n) is 7.82. The second kappa shape index (κ2) is 9.14. The molecule has 31 heavy (non-hydrogen) atoms. The van der Waals surface area contributed by atoms with Crippen LogP contribution in [0.4, 0.5) is 0 Å². The predicted octanol–water partition coefficient (Wildman–Crippen LogP) is 3.07. The quantitative estimate of drug-likeness (QED) is 0.445. The van der Waals surface area contributed by atoms with Crippen molar-refractivity contribution in [1.29, 1.82) is 0 Å². The molecule has 0 saturated heterocycles. The number of nitrogens with one attached hydrogen (secondary N) is 1. The van der Waals surface area contributed by atoms with Gasteiger partial charge in [-0.05, 0) is 51.3 Å². The Bertz CT molecular complexity index is 1270. The summed E-state index contributed by atoms with van der Waals surface area (Å²) >= 11 is 0. The number of benzene rings is 2. The van der Waals surface area contributed by atoms with E-state index in [-0.39, 0.29) is 5.56 Å². The van der Waals surface area contributed by atoms with E-state index in [0.717, 1.165) is 41.8 Å². The number of carbonyl (C=O) groups is 1. The molecule has 2 aromatic heterocycles. The number of aromatic nitrogens is 2. The molecular weight excluding hydrogens is 392 g/mol. The van der Waals surface area contributed by atoms with E-state index >= 15 is 0 Å². The van der Waals surface area contributed by atoms with Gasteiger partial charge in [0.1, 0.15) is 17.0 Å². The molecule has 0 bridgehead atoms. The van der Waals surface area contributed by atoms with Gasteiger partial charge in [0.15, 0.2) is 0 Å². The zero-order valence-electron chi connectivity index (χ0n) is 17.8. The number of imidazole rings is 1. The van der Waals surface area contributed by atoms with Crippen LogP contribution >= 0.6 is 0 Å². The van der Waals surface area contributed by atoms with Gasteiger partial charge in [-0.25, -0.2) is 9.78 Å². The summed E-state index contributed by atoms with van der Waals surface area (Å²) in [5.41, 5.74) is 1.89. The normalized spacial score (nSPS) is 11.5. The topological polar surface area (TPSA) is 80.4 Å². The molecule has 0 radical (unpaired) electrons. The van der Waals surface area contributed by atoms with E-state index in [2.05, 4.69) is 34.9 Å². The largest absolute Gasteiger partial charge is 0.422 e. The van der Waals surface area contributed by atoms with Crippen LogP contribution in [0.5, 0.6) is 0 Å². The molecule has 2 aromatic carbocycles. The predicted molar refractivity (Wildman–Crippen MR) is 121 cm³/mol. The van der Waals surface area contributed by atoms with E-state index in [1.165, 1.54) is 0 Å². The summed E-state index contributed by atoms with van der Waals surface area (Å²) in [6.07, 6.45) is 1.58. The van der Waals surface area contributed by atoms with Gasteiger partial charge in [0.2, 0.25) is 0 Å². The highest BCUT2D eigenvalue weighted by Crippen LogP contribution is 2.17. The number of fused-ring (bicyclic) bond motifs is 2. The molecule has 7 nitrogen and oxygen atoms in total. The molecule has 1 N–H and O–H groups in total. The fourth-order valence-electron chi connectivity index (χ4n) is 3.71. The number of rotatable bonds is 8. The standard InChI is InChI=1S/C24H26N4O3/c1-27(2)14-7-15-28-20-10-5-4-9-19(20)26-22(28)12-13-25-23(29)18-16-17-8-3-6-11-21(17)31-24(18)30/h3-6,8-11,16H,7,12-15H2,1-2H3,(H,25,29). The van der Waals surface area contributed by atoms with Crippen LogP contribution in [0.15, 0.2) is 63.8 Å². The lowest BCUT2D eigenvalue weighted by atomic mass is 10.2. The van der Waals surface area contributed by atoms with Gasteiger partial charge in [-0.2, -0.15) is 0 Å². The third kappa shape index (κ3) is 4.67. The molecule has 2 heterocycles. The molecule has 1 amide bonds. The molecular formula is C24H26N4O3. The molecule has 0 aliphatic heterocycles. The minimum absolute atomic E-state index is 0.0122. The fourth-order valence-corrected chi connectivity index (χ4v) is 3.71. The molecule has 0 fully saturated rings. The Labute approximate surface area is 180 Å². The van der Waals surface area contributed by atoms with E-state index in [1.54, 1.807) is 18.2 Å². The minimum atomic E-state index is -0.632. The smallest absolute Gasteiger partial charge is 0.349 e. The monoisotopic (exact) mass is 418 g/mol. The van der Waals surface area contributed by atoms with Crippen molar-refractivity contribution < 1.29 is 9.21 Å². The van der Waals surface area contributed by atoms with Gasteiger partial charge in [0.25, 0.3) is 5.91 Å². The Morgan fingerprint density at radius 1 is 1.13 bits per heavy atom. The van der Waals surface area contributed by atoms with Crippen LogP contribution in [0, 0.1) is 0 Å². The SMILES string of the molecule is CN(C)CCCn1c(CCNC(=O)c2cc3ccccc3oc2=O)nc2ccccc21. The van der Waals surface area contributed by atoms with E-state index in [9.17, 15) is 9.59 Å². The molecule has 7 heteroatoms. The Hall–Kier alpha value is -3.45. The van der Waals surface area contributed by atoms with Gasteiger partial charge >= 0.3 is 5.63 Å². The first kappa shape index (κ1) is 20.8. The molecule has 4 aromatic rings. The van der Waals surface area contributed by atoms with Crippen molar-refractivity contribution in [1.82, 2.24) is 19.8 Å². The van der Waals surface area contributed by atoms with Crippen molar-refractivity contribution in [2.24, 2.45) is 0 Å². The van der Waals surface area contributed by atoms with Crippen LogP contribution in [-0.2, 0) is 13.0 Å². The zero-order chi connectivity index (χ0) is 21.8. The van der Waals surface area contributed by atoms with Crippen LogP contribution in [0.3, 0.4) is 0 Å². The number of para-hydroxylation sites is 3. The van der Waals surface area contributed by atoms with Crippen molar-refractivity contribution in [3.8, 4) is 0 Å². The number of hydrogen-bond acceptors (Lipinski definition) is 5.